The van der Waals surface area contributed by atoms with Crippen molar-refractivity contribution in [2.24, 2.45) is 0 Å². The Bertz CT molecular complexity index is 390. The number of rotatable bonds is 8. The Kier molecular flexibility index (Phi) is 7.65. The second-order valence-corrected chi connectivity index (χ2v) is 13.1. The van der Waals surface area contributed by atoms with Gasteiger partial charge in [-0.1, -0.05) is 81.7 Å². The smallest absolute Gasteiger partial charge is 0.200 e. The van der Waals surface area contributed by atoms with E-state index in [0.29, 0.717) is 16.6 Å². The lowest BCUT2D eigenvalue weighted by atomic mass is 10.1. The third kappa shape index (κ3) is 4.67. The first-order valence-electron chi connectivity index (χ1n) is 8.12. The molecule has 0 N–H and O–H groups in total. The standard InChI is InChI=1S/C18H31BrOSi/c1-14(2)21(15(3)4,16(5)6)20-13-18-9-7-17(8-10-18)11-12-19/h7-10,14-16H,11-13H2,1-6H3. The fraction of sp³-hybridized carbons (Fsp3) is 0.667. The average Bonchev–Trinajstić information content (AvgIpc) is 2.40. The van der Waals surface area contributed by atoms with Crippen LogP contribution in [-0.2, 0) is 17.5 Å². The Morgan fingerprint density at radius 3 is 1.67 bits per heavy atom. The van der Waals surface area contributed by atoms with Crippen LogP contribution in [0, 0.1) is 0 Å². The van der Waals surface area contributed by atoms with Crippen LogP contribution in [-0.4, -0.2) is 13.6 Å². The molecule has 0 spiro atoms. The predicted molar refractivity (Wildman–Crippen MR) is 99.8 cm³/mol. The first-order valence-corrected chi connectivity index (χ1v) is 11.4. The lowest BCUT2D eigenvalue weighted by Crippen LogP contribution is -2.47. The van der Waals surface area contributed by atoms with Crippen LogP contribution in [0.1, 0.15) is 52.7 Å². The van der Waals surface area contributed by atoms with Gasteiger partial charge in [-0.2, -0.15) is 0 Å². The Labute approximate surface area is 140 Å². The molecule has 120 valence electrons. The molecule has 1 nitrogen and oxygen atoms in total. The highest BCUT2D eigenvalue weighted by atomic mass is 79.9. The van der Waals surface area contributed by atoms with Gasteiger partial charge in [-0.3, -0.25) is 0 Å². The number of aryl methyl sites for hydroxylation is 1. The molecule has 0 aliphatic rings. The van der Waals surface area contributed by atoms with Crippen molar-refractivity contribution in [3.05, 3.63) is 35.4 Å². The third-order valence-electron chi connectivity index (χ3n) is 4.60. The van der Waals surface area contributed by atoms with Gasteiger partial charge in [0.15, 0.2) is 0 Å². The molecule has 0 amide bonds. The zero-order valence-electron chi connectivity index (χ0n) is 14.4. The minimum absolute atomic E-state index is 0.644. The molecule has 0 radical (unpaired) electrons. The van der Waals surface area contributed by atoms with Crippen molar-refractivity contribution < 1.29 is 4.43 Å². The van der Waals surface area contributed by atoms with Crippen molar-refractivity contribution in [3.8, 4) is 0 Å². The van der Waals surface area contributed by atoms with Gasteiger partial charge in [0.2, 0.25) is 8.32 Å². The second kappa shape index (κ2) is 8.49. The first-order chi connectivity index (χ1) is 9.84. The highest BCUT2D eigenvalue weighted by molar-refractivity contribution is 9.09. The fourth-order valence-electron chi connectivity index (χ4n) is 3.62. The molecule has 1 aromatic rings. The molecule has 21 heavy (non-hydrogen) atoms. The summed E-state index contributed by atoms with van der Waals surface area (Å²) in [6.45, 7) is 14.8. The van der Waals surface area contributed by atoms with Crippen molar-refractivity contribution in [2.75, 3.05) is 5.33 Å². The maximum absolute atomic E-state index is 6.63. The van der Waals surface area contributed by atoms with Crippen molar-refractivity contribution in [1.82, 2.24) is 0 Å². The van der Waals surface area contributed by atoms with Gasteiger partial charge in [-0.15, -0.1) is 0 Å². The number of hydrogen-bond donors (Lipinski definition) is 0. The summed E-state index contributed by atoms with van der Waals surface area (Å²) in [6.07, 6.45) is 1.09. The highest BCUT2D eigenvalue weighted by Gasteiger charge is 2.44. The molecular formula is C18H31BrOSi. The van der Waals surface area contributed by atoms with Crippen molar-refractivity contribution in [3.63, 3.8) is 0 Å². The van der Waals surface area contributed by atoms with Crippen LogP contribution in [0.15, 0.2) is 24.3 Å². The van der Waals surface area contributed by atoms with E-state index in [1.807, 2.05) is 0 Å². The first kappa shape index (κ1) is 18.9. The predicted octanol–water partition coefficient (Wildman–Crippen LogP) is 6.32. The van der Waals surface area contributed by atoms with Gasteiger partial charge in [0, 0.05) is 5.33 Å². The summed E-state index contributed by atoms with van der Waals surface area (Å²) in [7, 11) is -1.75. The molecular weight excluding hydrogens is 340 g/mol. The number of alkyl halides is 1. The zero-order valence-corrected chi connectivity index (χ0v) is 17.0. The topological polar surface area (TPSA) is 9.23 Å². The van der Waals surface area contributed by atoms with Gasteiger partial charge in [0.25, 0.3) is 0 Å². The molecule has 0 atom stereocenters. The molecule has 0 saturated heterocycles. The molecule has 0 aromatic heterocycles. The highest BCUT2D eigenvalue weighted by Crippen LogP contribution is 2.42. The van der Waals surface area contributed by atoms with Gasteiger partial charge in [0.05, 0.1) is 6.61 Å². The van der Waals surface area contributed by atoms with Crippen LogP contribution in [0.3, 0.4) is 0 Å². The molecule has 0 unspecified atom stereocenters. The molecule has 0 aliphatic heterocycles. The Hall–Kier alpha value is -0.123. The van der Waals surface area contributed by atoms with Crippen LogP contribution in [0.2, 0.25) is 16.6 Å². The van der Waals surface area contributed by atoms with E-state index >= 15 is 0 Å². The molecule has 1 rings (SSSR count). The maximum Gasteiger partial charge on any atom is 0.200 e. The van der Waals surface area contributed by atoms with Crippen LogP contribution < -0.4 is 0 Å². The van der Waals surface area contributed by atoms with Crippen LogP contribution in [0.4, 0.5) is 0 Å². The van der Waals surface area contributed by atoms with Gasteiger partial charge in [-0.05, 0) is 34.2 Å². The van der Waals surface area contributed by atoms with Crippen LogP contribution >= 0.6 is 15.9 Å². The van der Waals surface area contributed by atoms with Gasteiger partial charge in [0.1, 0.15) is 0 Å². The number of hydrogen-bond acceptors (Lipinski definition) is 1. The molecule has 0 fully saturated rings. The average molecular weight is 371 g/mol. The van der Waals surface area contributed by atoms with E-state index in [1.165, 1.54) is 11.1 Å². The van der Waals surface area contributed by atoms with E-state index in [0.717, 1.165) is 18.4 Å². The maximum atomic E-state index is 6.63. The summed E-state index contributed by atoms with van der Waals surface area (Å²) in [4.78, 5) is 0. The molecule has 0 heterocycles. The lowest BCUT2D eigenvalue weighted by Gasteiger charge is -2.42. The van der Waals surface area contributed by atoms with E-state index in [-0.39, 0.29) is 0 Å². The number of halogens is 1. The quantitative estimate of drug-likeness (QED) is 0.384. The Morgan fingerprint density at radius 1 is 0.857 bits per heavy atom. The summed E-state index contributed by atoms with van der Waals surface area (Å²) >= 11 is 3.49. The lowest BCUT2D eigenvalue weighted by molar-refractivity contribution is 0.266. The van der Waals surface area contributed by atoms with E-state index < -0.39 is 8.32 Å². The van der Waals surface area contributed by atoms with Crippen LogP contribution in [0.25, 0.3) is 0 Å². The SMILES string of the molecule is CC(C)[Si](OCc1ccc(CCBr)cc1)(C(C)C)C(C)C. The minimum atomic E-state index is -1.75. The monoisotopic (exact) mass is 370 g/mol. The van der Waals surface area contributed by atoms with E-state index in [1.54, 1.807) is 0 Å². The van der Waals surface area contributed by atoms with Crippen LogP contribution in [0.5, 0.6) is 0 Å². The normalized spacial score (nSPS) is 12.7. The summed E-state index contributed by atoms with van der Waals surface area (Å²) in [5.41, 5.74) is 4.61. The fourth-order valence-corrected chi connectivity index (χ4v) is 9.49. The van der Waals surface area contributed by atoms with Crippen molar-refractivity contribution >= 4 is 24.2 Å². The number of benzene rings is 1. The minimum Gasteiger partial charge on any atom is -0.412 e. The summed E-state index contributed by atoms with van der Waals surface area (Å²) in [5.74, 6) is 0. The molecule has 3 heteroatoms. The van der Waals surface area contributed by atoms with E-state index in [9.17, 15) is 0 Å². The largest absolute Gasteiger partial charge is 0.412 e. The molecule has 0 saturated carbocycles. The van der Waals surface area contributed by atoms with E-state index in [4.69, 9.17) is 4.43 Å². The van der Waals surface area contributed by atoms with Crippen molar-refractivity contribution in [2.45, 2.75) is 71.2 Å². The van der Waals surface area contributed by atoms with Gasteiger partial charge < -0.3 is 4.43 Å². The summed E-state index contributed by atoms with van der Waals surface area (Å²) < 4.78 is 6.63. The van der Waals surface area contributed by atoms with E-state index in [2.05, 4.69) is 81.7 Å². The molecule has 0 aliphatic carbocycles. The molecule has 1 aromatic carbocycles. The Morgan fingerprint density at radius 2 is 1.29 bits per heavy atom. The van der Waals surface area contributed by atoms with Gasteiger partial charge in [-0.25, -0.2) is 0 Å². The zero-order chi connectivity index (χ0) is 16.0. The summed E-state index contributed by atoms with van der Waals surface area (Å²) in [6, 6.07) is 8.89. The van der Waals surface area contributed by atoms with Gasteiger partial charge >= 0.3 is 0 Å². The Balaban J connectivity index is 2.81. The summed E-state index contributed by atoms with van der Waals surface area (Å²) in [5, 5.41) is 1.02. The third-order valence-corrected chi connectivity index (χ3v) is 11.1. The van der Waals surface area contributed by atoms with Crippen molar-refractivity contribution in [1.29, 1.82) is 0 Å². The molecule has 0 bridgehead atoms. The second-order valence-electron chi connectivity index (χ2n) is 6.86.